The highest BCUT2D eigenvalue weighted by molar-refractivity contribution is 5.30. The van der Waals surface area contributed by atoms with Gasteiger partial charge in [0.1, 0.15) is 0 Å². The van der Waals surface area contributed by atoms with Gasteiger partial charge in [-0.25, -0.2) is 0 Å². The Balaban J connectivity index is 1.65. The number of nitrogens with one attached hydrogen (secondary N) is 1. The van der Waals surface area contributed by atoms with Gasteiger partial charge in [-0.3, -0.25) is 5.10 Å². The van der Waals surface area contributed by atoms with Crippen molar-refractivity contribution in [3.8, 4) is 0 Å². The summed E-state index contributed by atoms with van der Waals surface area (Å²) in [5, 5.41) is 7.13. The molecule has 0 unspecified atom stereocenters. The van der Waals surface area contributed by atoms with Gasteiger partial charge in [0.15, 0.2) is 0 Å². The molecule has 0 aliphatic heterocycles. The van der Waals surface area contributed by atoms with Gasteiger partial charge < -0.3 is 4.90 Å². The van der Waals surface area contributed by atoms with E-state index in [4.69, 9.17) is 0 Å². The molecule has 1 aromatic heterocycles. The van der Waals surface area contributed by atoms with Crippen LogP contribution in [0.1, 0.15) is 41.5 Å². The summed E-state index contributed by atoms with van der Waals surface area (Å²) in [5.41, 5.74) is 4.20. The normalized spacial score (nSPS) is 22.5. The molecule has 19 heavy (non-hydrogen) atoms. The fourth-order valence-corrected chi connectivity index (χ4v) is 2.95. The lowest BCUT2D eigenvalue weighted by Gasteiger charge is -2.35. The molecule has 3 nitrogen and oxygen atoms in total. The number of H-pyrrole nitrogens is 1. The number of hydrogen-bond acceptors (Lipinski definition) is 2. The number of nitrogens with zero attached hydrogens (tertiary/aromatic N) is 2. The molecule has 3 heteroatoms. The van der Waals surface area contributed by atoms with Crippen LogP contribution in [0.25, 0.3) is 0 Å². The smallest absolute Gasteiger partial charge is 0.0490 e. The summed E-state index contributed by atoms with van der Waals surface area (Å²) >= 11 is 0. The Hall–Kier alpha value is -1.61. The second-order valence-electron chi connectivity index (χ2n) is 5.86. The third-order valence-electron chi connectivity index (χ3n) is 4.02. The van der Waals surface area contributed by atoms with Crippen LogP contribution in [0.15, 0.2) is 36.5 Å². The minimum Gasteiger partial charge on any atom is -0.305 e. The maximum Gasteiger partial charge on any atom is 0.0490 e. The molecule has 1 saturated carbocycles. The van der Waals surface area contributed by atoms with Gasteiger partial charge in [-0.2, -0.15) is 5.10 Å². The molecule has 1 fully saturated rings. The van der Waals surface area contributed by atoms with Crippen molar-refractivity contribution in [2.24, 2.45) is 0 Å². The van der Waals surface area contributed by atoms with E-state index >= 15 is 0 Å². The monoisotopic (exact) mass is 255 g/mol. The summed E-state index contributed by atoms with van der Waals surface area (Å²) in [5.74, 6) is 1.39. The third-order valence-corrected chi connectivity index (χ3v) is 4.02. The number of benzene rings is 1. The number of aromatic nitrogens is 2. The molecule has 0 atom stereocenters. The zero-order valence-corrected chi connectivity index (χ0v) is 11.6. The van der Waals surface area contributed by atoms with Gasteiger partial charge in [0, 0.05) is 24.4 Å². The second-order valence-corrected chi connectivity index (χ2v) is 5.86. The molecule has 0 bridgehead atoms. The molecule has 2 aromatic rings. The average Bonchev–Trinajstić information content (AvgIpc) is 2.80. The summed E-state index contributed by atoms with van der Waals surface area (Å²) in [6.07, 6.45) is 4.33. The molecular weight excluding hydrogens is 234 g/mol. The molecule has 0 radical (unpaired) electrons. The Morgan fingerprint density at radius 2 is 2.05 bits per heavy atom. The molecule has 3 rings (SSSR count). The van der Waals surface area contributed by atoms with Gasteiger partial charge in [0.05, 0.1) is 0 Å². The van der Waals surface area contributed by atoms with E-state index in [9.17, 15) is 0 Å². The van der Waals surface area contributed by atoms with E-state index in [0.717, 1.165) is 12.5 Å². The molecule has 1 aromatic carbocycles. The van der Waals surface area contributed by atoms with E-state index in [1.807, 2.05) is 6.20 Å². The quantitative estimate of drug-likeness (QED) is 0.910. The first-order chi connectivity index (χ1) is 9.22. The molecule has 1 aliphatic carbocycles. The van der Waals surface area contributed by atoms with E-state index in [1.54, 1.807) is 0 Å². The summed E-state index contributed by atoms with van der Waals surface area (Å²) in [4.78, 5) is 2.22. The summed E-state index contributed by atoms with van der Waals surface area (Å²) in [6.45, 7) is 1.02. The van der Waals surface area contributed by atoms with Crippen LogP contribution in [0, 0.1) is 0 Å². The molecule has 100 valence electrons. The van der Waals surface area contributed by atoms with Crippen molar-refractivity contribution in [3.63, 3.8) is 0 Å². The summed E-state index contributed by atoms with van der Waals surface area (Å²) < 4.78 is 0. The van der Waals surface area contributed by atoms with Crippen LogP contribution in [0.3, 0.4) is 0 Å². The molecular formula is C16H21N3. The van der Waals surface area contributed by atoms with Crippen LogP contribution in [0.5, 0.6) is 0 Å². The molecule has 0 saturated heterocycles. The highest BCUT2D eigenvalue weighted by Crippen LogP contribution is 2.46. The predicted octanol–water partition coefficient (Wildman–Crippen LogP) is 3.13. The van der Waals surface area contributed by atoms with Crippen molar-refractivity contribution in [1.29, 1.82) is 0 Å². The van der Waals surface area contributed by atoms with Crippen LogP contribution in [0.2, 0.25) is 0 Å². The molecule has 1 aliphatic rings. The Morgan fingerprint density at radius 1 is 1.21 bits per heavy atom. The van der Waals surface area contributed by atoms with Crippen molar-refractivity contribution >= 4 is 0 Å². The van der Waals surface area contributed by atoms with Gasteiger partial charge in [0.25, 0.3) is 0 Å². The highest BCUT2D eigenvalue weighted by Gasteiger charge is 2.32. The number of hydrogen-bond donors (Lipinski definition) is 1. The number of aromatic amines is 1. The highest BCUT2D eigenvalue weighted by atomic mass is 15.1. The standard InChI is InChI=1S/C16H21N3/c1-19(2)11-12-4-3-5-13(8-12)14-9-15(10-14)16-6-7-17-18-16/h3-8,14-15H,9-11H2,1-2H3,(H,17,18). The Morgan fingerprint density at radius 3 is 2.74 bits per heavy atom. The van der Waals surface area contributed by atoms with E-state index in [0.29, 0.717) is 5.92 Å². The maximum absolute atomic E-state index is 4.04. The predicted molar refractivity (Wildman–Crippen MR) is 77.1 cm³/mol. The second kappa shape index (κ2) is 5.17. The molecule has 1 N–H and O–H groups in total. The number of rotatable bonds is 4. The van der Waals surface area contributed by atoms with E-state index in [2.05, 4.69) is 59.5 Å². The van der Waals surface area contributed by atoms with Crippen LogP contribution < -0.4 is 0 Å². The summed E-state index contributed by atoms with van der Waals surface area (Å²) in [7, 11) is 4.23. The Kier molecular flexibility index (Phi) is 3.38. The largest absolute Gasteiger partial charge is 0.305 e. The molecule has 0 spiro atoms. The third kappa shape index (κ3) is 2.71. The van der Waals surface area contributed by atoms with Gasteiger partial charge in [-0.15, -0.1) is 0 Å². The van der Waals surface area contributed by atoms with E-state index < -0.39 is 0 Å². The topological polar surface area (TPSA) is 31.9 Å². The van der Waals surface area contributed by atoms with Gasteiger partial charge in [-0.1, -0.05) is 24.3 Å². The first-order valence-electron chi connectivity index (χ1n) is 6.95. The average molecular weight is 255 g/mol. The van der Waals surface area contributed by atoms with Crippen LogP contribution in [-0.2, 0) is 6.54 Å². The summed E-state index contributed by atoms with van der Waals surface area (Å²) in [6, 6.07) is 11.1. The van der Waals surface area contributed by atoms with Crippen LogP contribution in [0.4, 0.5) is 0 Å². The van der Waals surface area contributed by atoms with Gasteiger partial charge in [-0.05, 0) is 50.0 Å². The van der Waals surface area contributed by atoms with Crippen LogP contribution >= 0.6 is 0 Å². The van der Waals surface area contributed by atoms with Crippen molar-refractivity contribution < 1.29 is 0 Å². The zero-order valence-electron chi connectivity index (χ0n) is 11.6. The van der Waals surface area contributed by atoms with Crippen molar-refractivity contribution in [3.05, 3.63) is 53.3 Å². The lowest BCUT2D eigenvalue weighted by molar-refractivity contribution is 0.344. The first kappa shape index (κ1) is 12.4. The Bertz CT molecular complexity index is 525. The van der Waals surface area contributed by atoms with E-state index in [-0.39, 0.29) is 0 Å². The molecule has 0 amide bonds. The van der Waals surface area contributed by atoms with Gasteiger partial charge >= 0.3 is 0 Å². The maximum atomic E-state index is 4.04. The van der Waals surface area contributed by atoms with Crippen molar-refractivity contribution in [1.82, 2.24) is 15.1 Å². The van der Waals surface area contributed by atoms with E-state index in [1.165, 1.54) is 29.7 Å². The van der Waals surface area contributed by atoms with Crippen LogP contribution in [-0.4, -0.2) is 29.2 Å². The Labute approximate surface area is 114 Å². The lowest BCUT2D eigenvalue weighted by atomic mass is 9.70. The van der Waals surface area contributed by atoms with Gasteiger partial charge in [0.2, 0.25) is 0 Å². The SMILES string of the molecule is CN(C)Cc1cccc(C2CC(c3ccn[nH]3)C2)c1. The first-order valence-corrected chi connectivity index (χ1v) is 6.95. The minimum atomic E-state index is 0.671. The fourth-order valence-electron chi connectivity index (χ4n) is 2.95. The lowest BCUT2D eigenvalue weighted by Crippen LogP contribution is -2.20. The minimum absolute atomic E-state index is 0.671. The fraction of sp³-hybridized carbons (Fsp3) is 0.438. The van der Waals surface area contributed by atoms with Crippen molar-refractivity contribution in [2.45, 2.75) is 31.2 Å². The van der Waals surface area contributed by atoms with Crippen molar-refractivity contribution in [2.75, 3.05) is 14.1 Å². The zero-order chi connectivity index (χ0) is 13.2. The molecule has 1 heterocycles.